The van der Waals surface area contributed by atoms with E-state index in [4.69, 9.17) is 0 Å². The van der Waals surface area contributed by atoms with Gasteiger partial charge >= 0.3 is 0 Å². The van der Waals surface area contributed by atoms with Gasteiger partial charge in [0.15, 0.2) is 0 Å². The molecule has 1 heterocycles. The average Bonchev–Trinajstić information content (AvgIpc) is 2.90. The Bertz CT molecular complexity index is 557. The van der Waals surface area contributed by atoms with Crippen molar-refractivity contribution in [3.05, 3.63) is 47.5 Å². The molecule has 1 atom stereocenters. The van der Waals surface area contributed by atoms with E-state index in [0.717, 1.165) is 30.5 Å². The molecule has 1 aliphatic rings. The van der Waals surface area contributed by atoms with Crippen molar-refractivity contribution in [2.24, 2.45) is 0 Å². The maximum atomic E-state index is 9.82. The molecule has 0 fully saturated rings. The zero-order valence-electron chi connectivity index (χ0n) is 11.3. The molecule has 0 bridgehead atoms. The Labute approximate surface area is 113 Å². The Morgan fingerprint density at radius 2 is 1.95 bits per heavy atom. The van der Waals surface area contributed by atoms with Gasteiger partial charge in [-0.05, 0) is 49.8 Å². The number of benzene rings is 1. The van der Waals surface area contributed by atoms with Gasteiger partial charge < -0.3 is 9.67 Å². The van der Waals surface area contributed by atoms with Crippen LogP contribution in [0, 0.1) is 0 Å². The monoisotopic (exact) mass is 256 g/mol. The Hall–Kier alpha value is -1.61. The summed E-state index contributed by atoms with van der Waals surface area (Å²) in [6.45, 7) is 1.99. The van der Waals surface area contributed by atoms with Gasteiger partial charge in [0.25, 0.3) is 0 Å². The fourth-order valence-electron chi connectivity index (χ4n) is 2.78. The molecule has 1 aliphatic carbocycles. The highest BCUT2D eigenvalue weighted by molar-refractivity contribution is 5.38. The minimum atomic E-state index is -0.356. The van der Waals surface area contributed by atoms with Crippen LogP contribution in [0.3, 0.4) is 0 Å². The molecule has 3 heteroatoms. The molecule has 0 radical (unpaired) electrons. The van der Waals surface area contributed by atoms with Crippen molar-refractivity contribution in [2.45, 2.75) is 45.1 Å². The quantitative estimate of drug-likeness (QED) is 0.915. The minimum Gasteiger partial charge on any atom is -0.388 e. The van der Waals surface area contributed by atoms with Crippen molar-refractivity contribution in [3.8, 4) is 5.69 Å². The predicted octanol–water partition coefficient (Wildman–Crippen LogP) is 3.19. The lowest BCUT2D eigenvalue weighted by molar-refractivity contribution is 0.173. The lowest BCUT2D eigenvalue weighted by atomic mass is 10.0. The SMILES string of the molecule is CCC(O)c1ccc(-n2cnc3c2CCCC3)cc1. The van der Waals surface area contributed by atoms with Crippen LogP contribution >= 0.6 is 0 Å². The highest BCUT2D eigenvalue weighted by Crippen LogP contribution is 2.24. The molecular weight excluding hydrogens is 236 g/mol. The van der Waals surface area contributed by atoms with Crippen LogP contribution in [0.1, 0.15) is 49.2 Å². The Balaban J connectivity index is 1.92. The molecular formula is C16H20N2O. The van der Waals surface area contributed by atoms with Crippen LogP contribution in [0.4, 0.5) is 0 Å². The molecule has 1 aromatic heterocycles. The number of fused-ring (bicyclic) bond motifs is 1. The fraction of sp³-hybridized carbons (Fsp3) is 0.438. The van der Waals surface area contributed by atoms with E-state index in [1.54, 1.807) is 0 Å². The van der Waals surface area contributed by atoms with E-state index in [1.165, 1.54) is 24.2 Å². The average molecular weight is 256 g/mol. The molecule has 0 spiro atoms. The second kappa shape index (κ2) is 5.17. The standard InChI is InChI=1S/C16H20N2O/c1-2-16(19)12-7-9-13(10-8-12)18-11-17-14-5-3-4-6-15(14)18/h7-11,16,19H,2-6H2,1H3. The first kappa shape index (κ1) is 12.4. The van der Waals surface area contributed by atoms with E-state index in [-0.39, 0.29) is 6.10 Å². The summed E-state index contributed by atoms with van der Waals surface area (Å²) in [6.07, 6.45) is 7.06. The van der Waals surface area contributed by atoms with E-state index in [2.05, 4.69) is 21.7 Å². The molecule has 1 N–H and O–H groups in total. The first-order chi connectivity index (χ1) is 9.29. The summed E-state index contributed by atoms with van der Waals surface area (Å²) < 4.78 is 2.19. The molecule has 0 amide bonds. The van der Waals surface area contributed by atoms with E-state index in [0.29, 0.717) is 0 Å². The number of nitrogens with zero attached hydrogens (tertiary/aromatic N) is 2. The lowest BCUT2D eigenvalue weighted by Gasteiger charge is -2.15. The topological polar surface area (TPSA) is 38.0 Å². The maximum absolute atomic E-state index is 9.82. The summed E-state index contributed by atoms with van der Waals surface area (Å²) in [5, 5.41) is 9.82. The van der Waals surface area contributed by atoms with Gasteiger partial charge in [-0.2, -0.15) is 0 Å². The first-order valence-electron chi connectivity index (χ1n) is 7.13. The molecule has 0 saturated heterocycles. The van der Waals surface area contributed by atoms with Gasteiger partial charge in [-0.3, -0.25) is 0 Å². The van der Waals surface area contributed by atoms with Crippen LogP contribution in [0.5, 0.6) is 0 Å². The fourth-order valence-corrected chi connectivity index (χ4v) is 2.78. The molecule has 1 unspecified atom stereocenters. The highest BCUT2D eigenvalue weighted by Gasteiger charge is 2.16. The van der Waals surface area contributed by atoms with Crippen LogP contribution < -0.4 is 0 Å². The van der Waals surface area contributed by atoms with E-state index in [1.807, 2.05) is 25.4 Å². The summed E-state index contributed by atoms with van der Waals surface area (Å²) >= 11 is 0. The van der Waals surface area contributed by atoms with Gasteiger partial charge in [0, 0.05) is 11.4 Å². The van der Waals surface area contributed by atoms with Gasteiger partial charge in [0.05, 0.1) is 18.1 Å². The minimum absolute atomic E-state index is 0.356. The molecule has 2 aromatic rings. The van der Waals surface area contributed by atoms with E-state index >= 15 is 0 Å². The van der Waals surface area contributed by atoms with Crippen molar-refractivity contribution >= 4 is 0 Å². The maximum Gasteiger partial charge on any atom is 0.0997 e. The third kappa shape index (κ3) is 2.30. The third-order valence-corrected chi connectivity index (χ3v) is 3.97. The van der Waals surface area contributed by atoms with Crippen molar-refractivity contribution in [1.29, 1.82) is 0 Å². The summed E-state index contributed by atoms with van der Waals surface area (Å²) in [7, 11) is 0. The van der Waals surface area contributed by atoms with E-state index in [9.17, 15) is 5.11 Å². The van der Waals surface area contributed by atoms with Crippen molar-refractivity contribution in [2.75, 3.05) is 0 Å². The summed E-state index contributed by atoms with van der Waals surface area (Å²) in [5.74, 6) is 0. The molecule has 0 saturated carbocycles. The van der Waals surface area contributed by atoms with Crippen LogP contribution in [-0.2, 0) is 12.8 Å². The predicted molar refractivity (Wildman–Crippen MR) is 75.5 cm³/mol. The number of aliphatic hydroxyl groups excluding tert-OH is 1. The number of aryl methyl sites for hydroxylation is 1. The highest BCUT2D eigenvalue weighted by atomic mass is 16.3. The second-order valence-electron chi connectivity index (χ2n) is 5.23. The number of rotatable bonds is 3. The third-order valence-electron chi connectivity index (χ3n) is 3.97. The summed E-state index contributed by atoms with van der Waals surface area (Å²) in [5.41, 5.74) is 4.74. The van der Waals surface area contributed by atoms with Crippen molar-refractivity contribution in [3.63, 3.8) is 0 Å². The van der Waals surface area contributed by atoms with Gasteiger partial charge in [-0.15, -0.1) is 0 Å². The largest absolute Gasteiger partial charge is 0.388 e. The Morgan fingerprint density at radius 3 is 2.68 bits per heavy atom. The van der Waals surface area contributed by atoms with Gasteiger partial charge in [0.2, 0.25) is 0 Å². The molecule has 3 rings (SSSR count). The summed E-state index contributed by atoms with van der Waals surface area (Å²) in [4.78, 5) is 4.52. The normalized spacial score (nSPS) is 16.1. The number of imidazole rings is 1. The zero-order chi connectivity index (χ0) is 13.2. The number of aliphatic hydroxyl groups is 1. The Morgan fingerprint density at radius 1 is 1.21 bits per heavy atom. The zero-order valence-corrected chi connectivity index (χ0v) is 11.3. The van der Waals surface area contributed by atoms with Gasteiger partial charge in [-0.1, -0.05) is 19.1 Å². The first-order valence-corrected chi connectivity index (χ1v) is 7.13. The number of aromatic nitrogens is 2. The molecule has 1 aromatic carbocycles. The van der Waals surface area contributed by atoms with Crippen LogP contribution in [0.25, 0.3) is 5.69 Å². The number of hydrogen-bond acceptors (Lipinski definition) is 2. The second-order valence-corrected chi connectivity index (χ2v) is 5.23. The van der Waals surface area contributed by atoms with Crippen molar-refractivity contribution in [1.82, 2.24) is 9.55 Å². The number of hydrogen-bond donors (Lipinski definition) is 1. The lowest BCUT2D eigenvalue weighted by Crippen LogP contribution is -2.07. The van der Waals surface area contributed by atoms with Crippen molar-refractivity contribution < 1.29 is 5.11 Å². The van der Waals surface area contributed by atoms with Gasteiger partial charge in [-0.25, -0.2) is 4.98 Å². The molecule has 100 valence electrons. The molecule has 0 aliphatic heterocycles. The molecule has 19 heavy (non-hydrogen) atoms. The van der Waals surface area contributed by atoms with Crippen LogP contribution in [0.2, 0.25) is 0 Å². The van der Waals surface area contributed by atoms with Crippen LogP contribution in [0.15, 0.2) is 30.6 Å². The molecule has 3 nitrogen and oxygen atoms in total. The Kier molecular flexibility index (Phi) is 3.38. The van der Waals surface area contributed by atoms with Crippen LogP contribution in [-0.4, -0.2) is 14.7 Å². The summed E-state index contributed by atoms with van der Waals surface area (Å²) in [6, 6.07) is 8.17. The van der Waals surface area contributed by atoms with E-state index < -0.39 is 0 Å². The smallest absolute Gasteiger partial charge is 0.0997 e. The van der Waals surface area contributed by atoms with Gasteiger partial charge in [0.1, 0.15) is 0 Å².